The number of piperazine rings is 1. The smallest absolute Gasteiger partial charge is 0.323 e. The summed E-state index contributed by atoms with van der Waals surface area (Å²) in [5.74, 6) is 0.354. The minimum Gasteiger partial charge on any atom is -0.480 e. The quantitative estimate of drug-likeness (QED) is 0.279. The van der Waals surface area contributed by atoms with Crippen LogP contribution >= 0.6 is 0 Å². The van der Waals surface area contributed by atoms with Crippen molar-refractivity contribution in [3.05, 3.63) is 126 Å². The van der Waals surface area contributed by atoms with Crippen molar-refractivity contribution in [2.75, 3.05) is 43.4 Å². The Hall–Kier alpha value is -4.62. The lowest BCUT2D eigenvalue weighted by atomic mass is 10.0. The van der Waals surface area contributed by atoms with Crippen molar-refractivity contribution in [2.24, 2.45) is 0 Å². The Balaban J connectivity index is 1.45. The zero-order valence-corrected chi connectivity index (χ0v) is 22.6. The third-order valence-corrected chi connectivity index (χ3v) is 7.06. The summed E-state index contributed by atoms with van der Waals surface area (Å²) in [5.41, 5.74) is 3.56. The van der Waals surface area contributed by atoms with Gasteiger partial charge >= 0.3 is 6.03 Å². The van der Waals surface area contributed by atoms with Crippen molar-refractivity contribution in [2.45, 2.75) is 13.0 Å². The molecule has 0 aliphatic carbocycles. The maximum atomic E-state index is 13.9. The average molecular weight is 535 g/mol. The maximum absolute atomic E-state index is 13.9. The molecule has 4 aromatic carbocycles. The Morgan fingerprint density at radius 1 is 0.725 bits per heavy atom. The van der Waals surface area contributed by atoms with Gasteiger partial charge < -0.3 is 25.2 Å². The van der Waals surface area contributed by atoms with Gasteiger partial charge in [0, 0.05) is 37.6 Å². The van der Waals surface area contributed by atoms with Gasteiger partial charge in [0.05, 0.1) is 5.56 Å². The molecule has 4 aromatic rings. The minimum absolute atomic E-state index is 0.113. The van der Waals surface area contributed by atoms with E-state index >= 15 is 0 Å². The second-order valence-corrected chi connectivity index (χ2v) is 9.70. The van der Waals surface area contributed by atoms with Crippen molar-refractivity contribution in [3.8, 4) is 5.75 Å². The number of benzene rings is 4. The Morgan fingerprint density at radius 2 is 1.27 bits per heavy atom. The van der Waals surface area contributed by atoms with Crippen molar-refractivity contribution in [1.82, 2.24) is 9.80 Å². The summed E-state index contributed by atoms with van der Waals surface area (Å²) in [4.78, 5) is 30.8. The van der Waals surface area contributed by atoms with E-state index in [4.69, 9.17) is 4.74 Å². The van der Waals surface area contributed by atoms with Crippen LogP contribution in [-0.4, -0.2) is 54.5 Å². The highest BCUT2D eigenvalue weighted by molar-refractivity contribution is 6.02. The number of anilines is 2. The van der Waals surface area contributed by atoms with E-state index in [2.05, 4.69) is 22.5 Å². The van der Waals surface area contributed by atoms with Crippen molar-refractivity contribution >= 4 is 23.3 Å². The van der Waals surface area contributed by atoms with Crippen LogP contribution in [0.2, 0.25) is 0 Å². The number of rotatable bonds is 8. The number of nitrogens with zero attached hydrogens (tertiary/aromatic N) is 2. The van der Waals surface area contributed by atoms with Gasteiger partial charge in [0.15, 0.2) is 0 Å². The standard InChI is InChI=1S/C33H34N4O3/c1-2-36-20-22-37(23-21-36)32(38)29-24-28(35-33(39)34-27-16-10-5-11-17-27)18-19-30(29)40-31(25-12-6-3-7-13-25)26-14-8-4-9-15-26/h3-19,24,31H,2,20-23H2,1H3,(H2,34,35,39). The summed E-state index contributed by atoms with van der Waals surface area (Å²) < 4.78 is 6.64. The van der Waals surface area contributed by atoms with E-state index in [1.165, 1.54) is 0 Å². The zero-order valence-electron chi connectivity index (χ0n) is 22.6. The van der Waals surface area contributed by atoms with Gasteiger partial charge in [-0.1, -0.05) is 85.8 Å². The molecule has 0 atom stereocenters. The van der Waals surface area contributed by atoms with Crippen LogP contribution in [0.1, 0.15) is 34.5 Å². The van der Waals surface area contributed by atoms with E-state index in [-0.39, 0.29) is 11.9 Å². The molecule has 7 nitrogen and oxygen atoms in total. The molecule has 7 heteroatoms. The van der Waals surface area contributed by atoms with Crippen LogP contribution in [0.25, 0.3) is 0 Å². The van der Waals surface area contributed by atoms with Gasteiger partial charge in [-0.15, -0.1) is 0 Å². The summed E-state index contributed by atoms with van der Waals surface area (Å²) in [6, 6.07) is 34.0. The molecule has 1 fully saturated rings. The molecule has 1 saturated heterocycles. The molecular formula is C33H34N4O3. The van der Waals surface area contributed by atoms with Gasteiger partial charge in [-0.2, -0.15) is 0 Å². The first kappa shape index (κ1) is 27.0. The number of nitrogens with one attached hydrogen (secondary N) is 2. The number of carbonyl (C=O) groups is 2. The first-order valence-corrected chi connectivity index (χ1v) is 13.7. The SMILES string of the molecule is CCN1CCN(C(=O)c2cc(NC(=O)Nc3ccccc3)ccc2OC(c2ccccc2)c2ccccc2)CC1. The molecule has 0 aromatic heterocycles. The van der Waals surface area contributed by atoms with Crippen LogP contribution in [0.4, 0.5) is 16.2 Å². The molecule has 0 radical (unpaired) electrons. The predicted octanol–water partition coefficient (Wildman–Crippen LogP) is 6.28. The summed E-state index contributed by atoms with van der Waals surface area (Å²) >= 11 is 0. The third kappa shape index (κ3) is 6.68. The Bertz CT molecular complexity index is 1370. The monoisotopic (exact) mass is 534 g/mol. The number of amides is 3. The van der Waals surface area contributed by atoms with E-state index in [1.807, 2.05) is 95.9 Å². The number of ether oxygens (including phenoxy) is 1. The molecule has 0 saturated carbocycles. The average Bonchev–Trinajstić information content (AvgIpc) is 3.01. The lowest BCUT2D eigenvalue weighted by molar-refractivity contribution is 0.0637. The topological polar surface area (TPSA) is 73.9 Å². The molecule has 40 heavy (non-hydrogen) atoms. The van der Waals surface area contributed by atoms with E-state index in [0.29, 0.717) is 35.8 Å². The first-order chi connectivity index (χ1) is 19.6. The predicted molar refractivity (Wildman–Crippen MR) is 159 cm³/mol. The zero-order chi connectivity index (χ0) is 27.7. The summed E-state index contributed by atoms with van der Waals surface area (Å²) in [5, 5.41) is 5.69. The highest BCUT2D eigenvalue weighted by atomic mass is 16.5. The van der Waals surface area contributed by atoms with Crippen LogP contribution in [0.5, 0.6) is 5.75 Å². The molecule has 3 amide bonds. The summed E-state index contributed by atoms with van der Waals surface area (Å²) in [7, 11) is 0. The number of carbonyl (C=O) groups excluding carboxylic acids is 2. The molecule has 2 N–H and O–H groups in total. The Kier molecular flexibility index (Phi) is 8.73. The van der Waals surface area contributed by atoms with E-state index < -0.39 is 6.10 Å². The maximum Gasteiger partial charge on any atom is 0.323 e. The number of likely N-dealkylation sites (N-methyl/N-ethyl adjacent to an activating group) is 1. The fourth-order valence-electron chi connectivity index (χ4n) is 4.84. The van der Waals surface area contributed by atoms with Gasteiger partial charge in [0.2, 0.25) is 0 Å². The second-order valence-electron chi connectivity index (χ2n) is 9.70. The largest absolute Gasteiger partial charge is 0.480 e. The van der Waals surface area contributed by atoms with E-state index in [9.17, 15) is 9.59 Å². The molecule has 5 rings (SSSR count). The van der Waals surface area contributed by atoms with Gasteiger partial charge in [-0.3, -0.25) is 4.79 Å². The van der Waals surface area contributed by atoms with Crippen LogP contribution in [-0.2, 0) is 0 Å². The van der Waals surface area contributed by atoms with Crippen molar-refractivity contribution in [3.63, 3.8) is 0 Å². The third-order valence-electron chi connectivity index (χ3n) is 7.06. The van der Waals surface area contributed by atoms with Crippen molar-refractivity contribution in [1.29, 1.82) is 0 Å². The molecule has 0 spiro atoms. The van der Waals surface area contributed by atoms with Gasteiger partial charge in [-0.05, 0) is 48.0 Å². The fourth-order valence-corrected chi connectivity index (χ4v) is 4.84. The van der Waals surface area contributed by atoms with Gasteiger partial charge in [-0.25, -0.2) is 4.79 Å². The molecule has 204 valence electrons. The fraction of sp³-hybridized carbons (Fsp3) is 0.212. The van der Waals surface area contributed by atoms with Crippen LogP contribution in [0.15, 0.2) is 109 Å². The molecule has 0 unspecified atom stereocenters. The van der Waals surface area contributed by atoms with Crippen LogP contribution < -0.4 is 15.4 Å². The number of hydrogen-bond acceptors (Lipinski definition) is 4. The van der Waals surface area contributed by atoms with Crippen LogP contribution in [0.3, 0.4) is 0 Å². The highest BCUT2D eigenvalue weighted by Gasteiger charge is 2.26. The number of hydrogen-bond donors (Lipinski definition) is 2. The van der Waals surface area contributed by atoms with Crippen LogP contribution in [0, 0.1) is 0 Å². The Labute approximate surface area is 235 Å². The molecule has 0 bridgehead atoms. The lowest BCUT2D eigenvalue weighted by Crippen LogP contribution is -2.48. The minimum atomic E-state index is -0.411. The molecule has 1 heterocycles. The number of urea groups is 1. The normalized spacial score (nSPS) is 13.6. The first-order valence-electron chi connectivity index (χ1n) is 13.7. The lowest BCUT2D eigenvalue weighted by Gasteiger charge is -2.34. The van der Waals surface area contributed by atoms with E-state index in [0.717, 1.165) is 30.8 Å². The highest BCUT2D eigenvalue weighted by Crippen LogP contribution is 2.33. The van der Waals surface area contributed by atoms with Gasteiger partial charge in [0.25, 0.3) is 5.91 Å². The molecular weight excluding hydrogens is 500 g/mol. The second kappa shape index (κ2) is 13.0. The Morgan fingerprint density at radius 3 is 1.85 bits per heavy atom. The molecule has 1 aliphatic rings. The number of para-hydroxylation sites is 1. The van der Waals surface area contributed by atoms with Crippen molar-refractivity contribution < 1.29 is 14.3 Å². The molecule has 1 aliphatic heterocycles. The summed E-state index contributed by atoms with van der Waals surface area (Å²) in [6.45, 7) is 6.02. The van der Waals surface area contributed by atoms with Gasteiger partial charge in [0.1, 0.15) is 11.9 Å². The summed E-state index contributed by atoms with van der Waals surface area (Å²) in [6.07, 6.45) is -0.411. The van der Waals surface area contributed by atoms with E-state index in [1.54, 1.807) is 18.2 Å².